The molecule has 0 aliphatic heterocycles. The fourth-order valence-electron chi connectivity index (χ4n) is 2.40. The Bertz CT molecular complexity index is 324. The molecule has 0 saturated heterocycles. The predicted octanol–water partition coefficient (Wildman–Crippen LogP) is 3.05. The number of benzene rings is 1. The molecule has 1 aliphatic carbocycles. The molecule has 1 aromatic carbocycles. The molecule has 1 aromatic rings. The largest absolute Gasteiger partial charge is 0.481 e. The Morgan fingerprint density at radius 3 is 2.20 bits per heavy atom. The van der Waals surface area contributed by atoms with Crippen molar-refractivity contribution in [2.24, 2.45) is 5.92 Å². The van der Waals surface area contributed by atoms with Crippen LogP contribution in [-0.4, -0.2) is 11.1 Å². The van der Waals surface area contributed by atoms with E-state index in [2.05, 4.69) is 24.3 Å². The van der Waals surface area contributed by atoms with Crippen LogP contribution in [0.15, 0.2) is 30.3 Å². The lowest BCUT2D eigenvalue weighted by Crippen LogP contribution is -2.20. The Morgan fingerprint density at radius 2 is 1.67 bits per heavy atom. The van der Waals surface area contributed by atoms with Crippen LogP contribution in [0, 0.1) is 5.92 Å². The van der Waals surface area contributed by atoms with Crippen LogP contribution in [0.25, 0.3) is 0 Å². The van der Waals surface area contributed by atoms with Gasteiger partial charge in [-0.05, 0) is 37.2 Å². The Labute approximate surface area is 89.9 Å². The molecule has 0 atom stereocenters. The van der Waals surface area contributed by atoms with Gasteiger partial charge >= 0.3 is 5.97 Å². The van der Waals surface area contributed by atoms with E-state index in [1.165, 1.54) is 5.56 Å². The van der Waals surface area contributed by atoms with Crippen molar-refractivity contribution in [3.05, 3.63) is 35.9 Å². The monoisotopic (exact) mass is 204 g/mol. The Morgan fingerprint density at radius 1 is 1.07 bits per heavy atom. The summed E-state index contributed by atoms with van der Waals surface area (Å²) in [6.45, 7) is 0. The van der Waals surface area contributed by atoms with Crippen LogP contribution in [0.5, 0.6) is 0 Å². The second-order valence-electron chi connectivity index (χ2n) is 4.30. The maximum absolute atomic E-state index is 10.8. The number of aliphatic carboxylic acids is 1. The standard InChI is InChI=1S/C13H16O2/c14-13(15)12-8-6-11(7-9-12)10-4-2-1-3-5-10/h1-5,11-12H,6-9H2,(H,14,15)/t11-,12-. The van der Waals surface area contributed by atoms with Gasteiger partial charge in [0.2, 0.25) is 0 Å². The first kappa shape index (κ1) is 10.2. The first-order valence-corrected chi connectivity index (χ1v) is 5.55. The van der Waals surface area contributed by atoms with Gasteiger partial charge in [-0.2, -0.15) is 0 Å². The topological polar surface area (TPSA) is 37.3 Å². The average Bonchev–Trinajstić information content (AvgIpc) is 2.30. The molecular weight excluding hydrogens is 188 g/mol. The van der Waals surface area contributed by atoms with E-state index in [-0.39, 0.29) is 5.92 Å². The second-order valence-corrected chi connectivity index (χ2v) is 4.30. The van der Waals surface area contributed by atoms with Gasteiger partial charge in [0.25, 0.3) is 0 Å². The van der Waals surface area contributed by atoms with E-state index < -0.39 is 5.97 Å². The van der Waals surface area contributed by atoms with Crippen molar-refractivity contribution in [2.45, 2.75) is 31.6 Å². The van der Waals surface area contributed by atoms with Gasteiger partial charge in [-0.25, -0.2) is 0 Å². The molecule has 0 amide bonds. The zero-order valence-electron chi connectivity index (χ0n) is 8.73. The highest BCUT2D eigenvalue weighted by Gasteiger charge is 2.26. The summed E-state index contributed by atoms with van der Waals surface area (Å²) in [5.74, 6) is -0.159. The molecule has 80 valence electrons. The molecule has 1 saturated carbocycles. The normalized spacial score (nSPS) is 26.1. The Hall–Kier alpha value is -1.31. The molecule has 0 radical (unpaired) electrons. The Balaban J connectivity index is 1.97. The SMILES string of the molecule is O=C(O)[C@H]1CC[C@H](c2ccccc2)CC1. The highest BCUT2D eigenvalue weighted by atomic mass is 16.4. The van der Waals surface area contributed by atoms with Crippen molar-refractivity contribution >= 4 is 5.97 Å². The number of carboxylic acid groups (broad SMARTS) is 1. The summed E-state index contributed by atoms with van der Waals surface area (Å²) in [6, 6.07) is 10.4. The summed E-state index contributed by atoms with van der Waals surface area (Å²) in [5.41, 5.74) is 1.36. The molecule has 0 bridgehead atoms. The van der Waals surface area contributed by atoms with E-state index in [1.54, 1.807) is 0 Å². The lowest BCUT2D eigenvalue weighted by Gasteiger charge is -2.26. The summed E-state index contributed by atoms with van der Waals surface area (Å²) in [4.78, 5) is 10.8. The maximum atomic E-state index is 10.8. The molecule has 2 nitrogen and oxygen atoms in total. The van der Waals surface area contributed by atoms with Crippen molar-refractivity contribution in [3.63, 3.8) is 0 Å². The number of hydrogen-bond acceptors (Lipinski definition) is 1. The van der Waals surface area contributed by atoms with Crippen molar-refractivity contribution in [1.82, 2.24) is 0 Å². The molecule has 0 heterocycles. The number of rotatable bonds is 2. The minimum Gasteiger partial charge on any atom is -0.481 e. The van der Waals surface area contributed by atoms with E-state index in [4.69, 9.17) is 5.11 Å². The first-order chi connectivity index (χ1) is 7.27. The van der Waals surface area contributed by atoms with Gasteiger partial charge in [-0.15, -0.1) is 0 Å². The van der Waals surface area contributed by atoms with Crippen molar-refractivity contribution in [1.29, 1.82) is 0 Å². The van der Waals surface area contributed by atoms with Crippen LogP contribution in [-0.2, 0) is 4.79 Å². The highest BCUT2D eigenvalue weighted by Crippen LogP contribution is 2.35. The van der Waals surface area contributed by atoms with Gasteiger partial charge in [0.05, 0.1) is 5.92 Å². The molecule has 2 heteroatoms. The van der Waals surface area contributed by atoms with Gasteiger partial charge in [0.15, 0.2) is 0 Å². The molecule has 0 spiro atoms. The Kier molecular flexibility index (Phi) is 3.05. The van der Waals surface area contributed by atoms with Gasteiger partial charge in [-0.1, -0.05) is 30.3 Å². The van der Waals surface area contributed by atoms with E-state index >= 15 is 0 Å². The van der Waals surface area contributed by atoms with E-state index in [1.807, 2.05) is 6.07 Å². The third kappa shape index (κ3) is 2.38. The number of hydrogen-bond donors (Lipinski definition) is 1. The fourth-order valence-corrected chi connectivity index (χ4v) is 2.40. The summed E-state index contributed by atoms with van der Waals surface area (Å²) in [5, 5.41) is 8.90. The number of carbonyl (C=O) groups is 1. The highest BCUT2D eigenvalue weighted by molar-refractivity contribution is 5.70. The van der Waals surface area contributed by atoms with Gasteiger partial charge in [0, 0.05) is 0 Å². The minimum atomic E-state index is -0.624. The van der Waals surface area contributed by atoms with E-state index in [0.29, 0.717) is 5.92 Å². The zero-order chi connectivity index (χ0) is 10.7. The van der Waals surface area contributed by atoms with Crippen LogP contribution >= 0.6 is 0 Å². The van der Waals surface area contributed by atoms with Crippen LogP contribution in [0.4, 0.5) is 0 Å². The summed E-state index contributed by atoms with van der Waals surface area (Å²) >= 11 is 0. The fraction of sp³-hybridized carbons (Fsp3) is 0.462. The lowest BCUT2D eigenvalue weighted by molar-refractivity contribution is -0.142. The molecule has 0 aromatic heterocycles. The van der Waals surface area contributed by atoms with E-state index in [0.717, 1.165) is 25.7 Å². The van der Waals surface area contributed by atoms with Crippen LogP contribution in [0.3, 0.4) is 0 Å². The minimum absolute atomic E-state index is 0.107. The summed E-state index contributed by atoms with van der Waals surface area (Å²) < 4.78 is 0. The number of carboxylic acids is 1. The smallest absolute Gasteiger partial charge is 0.306 e. The quantitative estimate of drug-likeness (QED) is 0.804. The van der Waals surface area contributed by atoms with Crippen molar-refractivity contribution in [2.75, 3.05) is 0 Å². The molecule has 1 N–H and O–H groups in total. The van der Waals surface area contributed by atoms with Gasteiger partial charge in [-0.3, -0.25) is 4.79 Å². The molecule has 1 aliphatic rings. The second kappa shape index (κ2) is 4.47. The molecule has 15 heavy (non-hydrogen) atoms. The molecule has 1 fully saturated rings. The third-order valence-electron chi connectivity index (χ3n) is 3.35. The van der Waals surface area contributed by atoms with Gasteiger partial charge < -0.3 is 5.11 Å². The first-order valence-electron chi connectivity index (χ1n) is 5.55. The summed E-state index contributed by atoms with van der Waals surface area (Å²) in [7, 11) is 0. The third-order valence-corrected chi connectivity index (χ3v) is 3.35. The average molecular weight is 204 g/mol. The van der Waals surface area contributed by atoms with Crippen LogP contribution in [0.1, 0.15) is 37.2 Å². The van der Waals surface area contributed by atoms with E-state index in [9.17, 15) is 4.79 Å². The van der Waals surface area contributed by atoms with Crippen LogP contribution in [0.2, 0.25) is 0 Å². The van der Waals surface area contributed by atoms with Crippen molar-refractivity contribution in [3.8, 4) is 0 Å². The molecular formula is C13H16O2. The summed E-state index contributed by atoms with van der Waals surface area (Å²) in [6.07, 6.45) is 3.69. The van der Waals surface area contributed by atoms with Crippen LogP contribution < -0.4 is 0 Å². The lowest BCUT2D eigenvalue weighted by atomic mass is 9.79. The zero-order valence-corrected chi connectivity index (χ0v) is 8.73. The van der Waals surface area contributed by atoms with Crippen molar-refractivity contribution < 1.29 is 9.90 Å². The molecule has 2 rings (SSSR count). The maximum Gasteiger partial charge on any atom is 0.306 e. The predicted molar refractivity (Wildman–Crippen MR) is 58.8 cm³/mol. The van der Waals surface area contributed by atoms with Gasteiger partial charge in [0.1, 0.15) is 0 Å². The molecule has 0 unspecified atom stereocenters.